The molecule has 0 N–H and O–H groups in total. The molecule has 9 nitrogen and oxygen atoms in total. The van der Waals surface area contributed by atoms with Gasteiger partial charge in [0.2, 0.25) is 0 Å². The Labute approximate surface area is 170 Å². The van der Waals surface area contributed by atoms with Crippen LogP contribution in [0.15, 0.2) is 36.5 Å². The number of rotatable bonds is 6. The number of nitrogens with zero attached hydrogens (tertiary/aromatic N) is 6. The predicted octanol–water partition coefficient (Wildman–Crippen LogP) is 2.25. The van der Waals surface area contributed by atoms with E-state index in [4.69, 9.17) is 21.1 Å². The van der Waals surface area contributed by atoms with Gasteiger partial charge in [-0.2, -0.15) is 0 Å². The van der Waals surface area contributed by atoms with Gasteiger partial charge >= 0.3 is 5.97 Å². The number of likely N-dealkylation sites (tertiary alicyclic amines) is 1. The lowest BCUT2D eigenvalue weighted by Gasteiger charge is -2.36. The molecule has 0 unspecified atom stereocenters. The van der Waals surface area contributed by atoms with Gasteiger partial charge in [0.05, 0.1) is 30.3 Å². The Morgan fingerprint density at radius 2 is 2.07 bits per heavy atom. The second-order valence-corrected chi connectivity index (χ2v) is 6.88. The maximum absolute atomic E-state index is 13.8. The van der Waals surface area contributed by atoms with Crippen molar-refractivity contribution in [2.24, 2.45) is 5.92 Å². The van der Waals surface area contributed by atoms with E-state index in [1.165, 1.54) is 18.1 Å². The number of esters is 1. The third kappa shape index (κ3) is 4.33. The van der Waals surface area contributed by atoms with Crippen molar-refractivity contribution in [3.05, 3.63) is 53.2 Å². The van der Waals surface area contributed by atoms with E-state index in [9.17, 15) is 9.18 Å². The number of ether oxygens (including phenoxy) is 2. The molecule has 1 aromatic carbocycles. The summed E-state index contributed by atoms with van der Waals surface area (Å²) in [6, 6.07) is 7.84. The van der Waals surface area contributed by atoms with Crippen molar-refractivity contribution >= 4 is 17.6 Å². The largest absolute Gasteiger partial charge is 0.469 e. The highest BCUT2D eigenvalue weighted by atomic mass is 35.5. The molecule has 0 saturated carbocycles. The van der Waals surface area contributed by atoms with Crippen LogP contribution in [-0.2, 0) is 16.1 Å². The van der Waals surface area contributed by atoms with Crippen molar-refractivity contribution < 1.29 is 18.7 Å². The van der Waals surface area contributed by atoms with E-state index in [-0.39, 0.29) is 22.8 Å². The van der Waals surface area contributed by atoms with Gasteiger partial charge in [-0.15, -0.1) is 15.0 Å². The zero-order valence-electron chi connectivity index (χ0n) is 15.3. The highest BCUT2D eigenvalue weighted by molar-refractivity contribution is 6.30. The molecule has 1 aliphatic rings. The normalized spacial score (nSPS) is 14.4. The van der Waals surface area contributed by atoms with Crippen LogP contribution >= 0.6 is 11.6 Å². The summed E-state index contributed by atoms with van der Waals surface area (Å²) < 4.78 is 23.9. The molecule has 0 spiro atoms. The Bertz CT molecular complexity index is 1020. The summed E-state index contributed by atoms with van der Waals surface area (Å²) >= 11 is 5.68. The van der Waals surface area contributed by atoms with Gasteiger partial charge < -0.3 is 9.47 Å². The quantitative estimate of drug-likeness (QED) is 0.562. The molecule has 0 amide bonds. The number of pyridine rings is 1. The minimum atomic E-state index is -0.649. The smallest absolute Gasteiger partial charge is 0.311 e. The Hall–Kier alpha value is -3.11. The van der Waals surface area contributed by atoms with Crippen molar-refractivity contribution in [2.45, 2.75) is 6.54 Å². The molecule has 3 heterocycles. The Morgan fingerprint density at radius 1 is 1.31 bits per heavy atom. The second kappa shape index (κ2) is 8.10. The van der Waals surface area contributed by atoms with Gasteiger partial charge in [-0.1, -0.05) is 11.6 Å². The van der Waals surface area contributed by atoms with Crippen LogP contribution in [-0.4, -0.2) is 56.3 Å². The second-order valence-electron chi connectivity index (χ2n) is 6.45. The van der Waals surface area contributed by atoms with E-state index >= 15 is 0 Å². The maximum Gasteiger partial charge on any atom is 0.311 e. The molecule has 150 valence electrons. The van der Waals surface area contributed by atoms with Gasteiger partial charge in [0.1, 0.15) is 5.75 Å². The molecule has 0 radical (unpaired) electrons. The van der Waals surface area contributed by atoms with Crippen LogP contribution in [0.3, 0.4) is 0 Å². The van der Waals surface area contributed by atoms with Gasteiger partial charge in [0.25, 0.3) is 5.88 Å². The molecule has 4 rings (SSSR count). The molecule has 2 aromatic heterocycles. The average molecular weight is 419 g/mol. The number of hydrogen-bond donors (Lipinski definition) is 0. The summed E-state index contributed by atoms with van der Waals surface area (Å²) in [6.45, 7) is 1.72. The van der Waals surface area contributed by atoms with Crippen molar-refractivity contribution in [3.63, 3.8) is 0 Å². The van der Waals surface area contributed by atoms with Gasteiger partial charge in [0, 0.05) is 19.3 Å². The standard InChI is InChI=1S/C18H16ClFN6O3/c1-28-18(27)11-8-25(9-11)10-16-22-24-26(23-16)13-2-4-14(5-3-13)29-17-15(20)6-12(19)7-21-17/h2-7,11H,8-10H2,1H3. The van der Waals surface area contributed by atoms with E-state index in [0.29, 0.717) is 36.9 Å². The molecule has 3 aromatic rings. The summed E-state index contributed by atoms with van der Waals surface area (Å²) in [6.07, 6.45) is 1.31. The first-order valence-corrected chi connectivity index (χ1v) is 9.08. The van der Waals surface area contributed by atoms with Crippen LogP contribution in [0.25, 0.3) is 5.69 Å². The monoisotopic (exact) mass is 418 g/mol. The third-order valence-corrected chi connectivity index (χ3v) is 4.57. The van der Waals surface area contributed by atoms with E-state index in [2.05, 4.69) is 20.4 Å². The minimum Gasteiger partial charge on any atom is -0.469 e. The highest BCUT2D eigenvalue weighted by Crippen LogP contribution is 2.25. The van der Waals surface area contributed by atoms with E-state index < -0.39 is 5.82 Å². The number of hydrogen-bond acceptors (Lipinski definition) is 8. The zero-order valence-corrected chi connectivity index (χ0v) is 16.1. The molecule has 11 heteroatoms. The zero-order chi connectivity index (χ0) is 20.4. The van der Waals surface area contributed by atoms with E-state index in [0.717, 1.165) is 6.07 Å². The number of carbonyl (C=O) groups is 1. The Balaban J connectivity index is 1.37. The fraction of sp³-hybridized carbons (Fsp3) is 0.278. The summed E-state index contributed by atoms with van der Waals surface area (Å²) in [7, 11) is 1.39. The minimum absolute atomic E-state index is 0.0949. The van der Waals surface area contributed by atoms with Crippen molar-refractivity contribution in [2.75, 3.05) is 20.2 Å². The summed E-state index contributed by atoms with van der Waals surface area (Å²) in [5.74, 6) is -0.164. The average Bonchev–Trinajstić information content (AvgIpc) is 3.15. The molecule has 1 aliphatic heterocycles. The molecule has 1 saturated heterocycles. The lowest BCUT2D eigenvalue weighted by Crippen LogP contribution is -2.50. The first-order valence-electron chi connectivity index (χ1n) is 8.70. The molecular weight excluding hydrogens is 403 g/mol. The number of aromatic nitrogens is 5. The molecule has 0 aliphatic carbocycles. The SMILES string of the molecule is COC(=O)C1CN(Cc2nnn(-c3ccc(Oc4ncc(Cl)cc4F)cc3)n2)C1. The molecular formula is C18H16ClFN6O3. The predicted molar refractivity (Wildman–Crippen MR) is 99.2 cm³/mol. The fourth-order valence-corrected chi connectivity index (χ4v) is 3.01. The summed E-state index contributed by atoms with van der Waals surface area (Å²) in [5, 5.41) is 12.6. The van der Waals surface area contributed by atoms with Crippen LogP contribution in [0.2, 0.25) is 5.02 Å². The van der Waals surface area contributed by atoms with Gasteiger partial charge in [-0.3, -0.25) is 9.69 Å². The Morgan fingerprint density at radius 3 is 2.76 bits per heavy atom. The molecule has 0 atom stereocenters. The van der Waals surface area contributed by atoms with Crippen molar-refractivity contribution in [3.8, 4) is 17.3 Å². The number of halogens is 2. The van der Waals surface area contributed by atoms with Crippen molar-refractivity contribution in [1.82, 2.24) is 30.1 Å². The molecule has 0 bridgehead atoms. The number of methoxy groups -OCH3 is 1. The van der Waals surface area contributed by atoms with Crippen LogP contribution in [0, 0.1) is 11.7 Å². The third-order valence-electron chi connectivity index (χ3n) is 4.37. The van der Waals surface area contributed by atoms with Crippen LogP contribution in [0.5, 0.6) is 11.6 Å². The van der Waals surface area contributed by atoms with Crippen LogP contribution in [0.4, 0.5) is 4.39 Å². The first kappa shape index (κ1) is 19.2. The number of benzene rings is 1. The Kier molecular flexibility index (Phi) is 5.36. The molecule has 1 fully saturated rings. The summed E-state index contributed by atoms with van der Waals surface area (Å²) in [5.41, 5.74) is 0.664. The van der Waals surface area contributed by atoms with Crippen LogP contribution in [0.1, 0.15) is 5.82 Å². The molecule has 29 heavy (non-hydrogen) atoms. The fourth-order valence-electron chi connectivity index (χ4n) is 2.87. The lowest BCUT2D eigenvalue weighted by atomic mass is 10.0. The maximum atomic E-state index is 13.8. The van der Waals surface area contributed by atoms with Gasteiger partial charge in [-0.05, 0) is 35.5 Å². The topological polar surface area (TPSA) is 95.3 Å². The van der Waals surface area contributed by atoms with Gasteiger partial charge in [0.15, 0.2) is 11.6 Å². The van der Waals surface area contributed by atoms with Gasteiger partial charge in [-0.25, -0.2) is 9.37 Å². The lowest BCUT2D eigenvalue weighted by molar-refractivity contribution is -0.151. The first-order chi connectivity index (χ1) is 14.0. The van der Waals surface area contributed by atoms with Crippen LogP contribution < -0.4 is 4.74 Å². The van der Waals surface area contributed by atoms with E-state index in [1.54, 1.807) is 24.3 Å². The van der Waals surface area contributed by atoms with Crippen molar-refractivity contribution in [1.29, 1.82) is 0 Å². The number of carbonyl (C=O) groups excluding carboxylic acids is 1. The highest BCUT2D eigenvalue weighted by Gasteiger charge is 2.33. The van der Waals surface area contributed by atoms with E-state index in [1.807, 2.05) is 4.90 Å². The number of tetrazole rings is 1. The summed E-state index contributed by atoms with van der Waals surface area (Å²) in [4.78, 5) is 18.7.